The smallest absolute Gasteiger partial charge is 0.409 e. The summed E-state index contributed by atoms with van der Waals surface area (Å²) in [6, 6.07) is 9.06. The number of hydrogen-bond donors (Lipinski definition) is 0. The highest BCUT2D eigenvalue weighted by Crippen LogP contribution is 2.27. The van der Waals surface area contributed by atoms with Gasteiger partial charge in [-0.05, 0) is 57.4 Å². The van der Waals surface area contributed by atoms with Crippen molar-refractivity contribution < 1.29 is 9.53 Å². The summed E-state index contributed by atoms with van der Waals surface area (Å²) in [5.74, 6) is 0.426. The van der Waals surface area contributed by atoms with Crippen LogP contribution in [0.2, 0.25) is 5.02 Å². The number of likely N-dealkylation sites (N-methyl/N-ethyl adjacent to an activating group) is 1. The Morgan fingerprint density at radius 3 is 2.42 bits per heavy atom. The lowest BCUT2D eigenvalue weighted by Gasteiger charge is -2.40. The molecule has 1 heterocycles. The van der Waals surface area contributed by atoms with Gasteiger partial charge in [0.1, 0.15) is 0 Å². The highest BCUT2D eigenvalue weighted by molar-refractivity contribution is 6.30. The van der Waals surface area contributed by atoms with E-state index in [0.717, 1.165) is 31.0 Å². The molecule has 1 aromatic carbocycles. The molecule has 134 valence electrons. The lowest BCUT2D eigenvalue weighted by Crippen LogP contribution is -2.49. The summed E-state index contributed by atoms with van der Waals surface area (Å²) in [7, 11) is 2.20. The van der Waals surface area contributed by atoms with Crippen molar-refractivity contribution in [1.29, 1.82) is 0 Å². The van der Waals surface area contributed by atoms with E-state index in [4.69, 9.17) is 16.3 Å². The van der Waals surface area contributed by atoms with Gasteiger partial charge < -0.3 is 14.5 Å². The lowest BCUT2D eigenvalue weighted by atomic mass is 9.91. The predicted octanol–water partition coefficient (Wildman–Crippen LogP) is 4.38. The minimum absolute atomic E-state index is 0.179. The molecule has 4 nitrogen and oxygen atoms in total. The fourth-order valence-corrected chi connectivity index (χ4v) is 3.53. The second-order valence-corrected chi connectivity index (χ2v) is 7.10. The van der Waals surface area contributed by atoms with Crippen LogP contribution in [0.1, 0.15) is 45.1 Å². The Labute approximate surface area is 150 Å². The fraction of sp³-hybridized carbons (Fsp3) is 0.632. The van der Waals surface area contributed by atoms with Crippen molar-refractivity contribution in [3.63, 3.8) is 0 Å². The molecule has 5 heteroatoms. The van der Waals surface area contributed by atoms with Crippen LogP contribution in [0.4, 0.5) is 4.79 Å². The summed E-state index contributed by atoms with van der Waals surface area (Å²) in [5.41, 5.74) is 1.31. The Morgan fingerprint density at radius 1 is 1.29 bits per heavy atom. The van der Waals surface area contributed by atoms with Gasteiger partial charge >= 0.3 is 6.09 Å². The SMILES string of the molecule is CCOC(=O)N1CCC(N(C)[C@@H](C)[C@H](C)c2ccc(Cl)cc2)CC1. The molecule has 0 N–H and O–H groups in total. The van der Waals surface area contributed by atoms with Gasteiger partial charge in [-0.3, -0.25) is 0 Å². The van der Waals surface area contributed by atoms with E-state index in [1.807, 2.05) is 24.0 Å². The molecule has 0 radical (unpaired) electrons. The number of carbonyl (C=O) groups excluding carboxylic acids is 1. The van der Waals surface area contributed by atoms with Crippen LogP contribution < -0.4 is 0 Å². The largest absolute Gasteiger partial charge is 0.450 e. The van der Waals surface area contributed by atoms with Crippen molar-refractivity contribution in [2.45, 2.75) is 51.6 Å². The quantitative estimate of drug-likeness (QED) is 0.788. The second-order valence-electron chi connectivity index (χ2n) is 6.66. The van der Waals surface area contributed by atoms with Gasteiger partial charge in [-0.2, -0.15) is 0 Å². The minimum Gasteiger partial charge on any atom is -0.450 e. The number of rotatable bonds is 5. The first-order chi connectivity index (χ1) is 11.4. The van der Waals surface area contributed by atoms with Gasteiger partial charge in [0.25, 0.3) is 0 Å². The number of hydrogen-bond acceptors (Lipinski definition) is 3. The van der Waals surface area contributed by atoms with E-state index in [0.29, 0.717) is 24.6 Å². The van der Waals surface area contributed by atoms with Crippen molar-refractivity contribution in [3.05, 3.63) is 34.9 Å². The number of piperidine rings is 1. The summed E-state index contributed by atoms with van der Waals surface area (Å²) in [6.07, 6.45) is 1.81. The zero-order valence-corrected chi connectivity index (χ0v) is 15.9. The van der Waals surface area contributed by atoms with Crippen LogP contribution in [0.25, 0.3) is 0 Å². The van der Waals surface area contributed by atoms with E-state index < -0.39 is 0 Å². The molecule has 0 aliphatic carbocycles. The lowest BCUT2D eigenvalue weighted by molar-refractivity contribution is 0.0690. The highest BCUT2D eigenvalue weighted by atomic mass is 35.5. The summed E-state index contributed by atoms with van der Waals surface area (Å²) in [5, 5.41) is 0.776. The Bertz CT molecular complexity index is 527. The molecule has 2 rings (SSSR count). The van der Waals surface area contributed by atoms with E-state index >= 15 is 0 Å². The van der Waals surface area contributed by atoms with E-state index in [1.165, 1.54) is 5.56 Å². The van der Waals surface area contributed by atoms with Crippen LogP contribution >= 0.6 is 11.6 Å². The van der Waals surface area contributed by atoms with Gasteiger partial charge in [-0.25, -0.2) is 4.79 Å². The highest BCUT2D eigenvalue weighted by Gasteiger charge is 2.29. The van der Waals surface area contributed by atoms with Crippen LogP contribution in [0.15, 0.2) is 24.3 Å². The van der Waals surface area contributed by atoms with Crippen molar-refractivity contribution in [1.82, 2.24) is 9.80 Å². The molecule has 1 aliphatic heterocycles. The predicted molar refractivity (Wildman–Crippen MR) is 98.7 cm³/mol. The standard InChI is InChI=1S/C19H29ClN2O2/c1-5-24-19(23)22-12-10-18(11-13-22)21(4)15(3)14(2)16-6-8-17(20)9-7-16/h6-9,14-15,18H,5,10-13H2,1-4H3/t14-,15-/m0/s1. The zero-order valence-electron chi connectivity index (χ0n) is 15.2. The normalized spacial score (nSPS) is 18.5. The summed E-state index contributed by atoms with van der Waals surface area (Å²) in [4.78, 5) is 16.1. The second kappa shape index (κ2) is 8.72. The van der Waals surface area contributed by atoms with Crippen LogP contribution in [-0.2, 0) is 4.74 Å². The molecule has 1 aliphatic rings. The van der Waals surface area contributed by atoms with E-state index in [9.17, 15) is 4.79 Å². The van der Waals surface area contributed by atoms with Crippen molar-refractivity contribution >= 4 is 17.7 Å². The number of nitrogens with zero attached hydrogens (tertiary/aromatic N) is 2. The molecule has 1 aromatic rings. The molecule has 24 heavy (non-hydrogen) atoms. The third-order valence-electron chi connectivity index (χ3n) is 5.33. The van der Waals surface area contributed by atoms with Crippen molar-refractivity contribution in [2.75, 3.05) is 26.7 Å². The third kappa shape index (κ3) is 4.64. The van der Waals surface area contributed by atoms with Crippen molar-refractivity contribution in [2.24, 2.45) is 0 Å². The van der Waals surface area contributed by atoms with Crippen LogP contribution in [0, 0.1) is 0 Å². The van der Waals surface area contributed by atoms with Crippen LogP contribution in [0.3, 0.4) is 0 Å². The third-order valence-corrected chi connectivity index (χ3v) is 5.58. The van der Waals surface area contributed by atoms with Gasteiger partial charge in [0, 0.05) is 30.2 Å². The van der Waals surface area contributed by atoms with Gasteiger partial charge in [-0.15, -0.1) is 0 Å². The summed E-state index contributed by atoms with van der Waals surface area (Å²) < 4.78 is 5.09. The molecular weight excluding hydrogens is 324 g/mol. The first-order valence-electron chi connectivity index (χ1n) is 8.83. The molecule has 1 amide bonds. The maximum absolute atomic E-state index is 11.8. The average Bonchev–Trinajstić information content (AvgIpc) is 2.61. The number of likely N-dealkylation sites (tertiary alicyclic amines) is 1. The Morgan fingerprint density at radius 2 is 1.88 bits per heavy atom. The van der Waals surface area contributed by atoms with Crippen LogP contribution in [-0.4, -0.2) is 54.7 Å². The molecule has 0 unspecified atom stereocenters. The topological polar surface area (TPSA) is 32.8 Å². The van der Waals surface area contributed by atoms with Gasteiger partial charge in [0.2, 0.25) is 0 Å². The maximum Gasteiger partial charge on any atom is 0.409 e. The Balaban J connectivity index is 1.90. The molecule has 1 fully saturated rings. The molecule has 0 saturated carbocycles. The summed E-state index contributed by atoms with van der Waals surface area (Å²) in [6.45, 7) is 8.37. The first-order valence-corrected chi connectivity index (χ1v) is 9.21. The van der Waals surface area contributed by atoms with Crippen LogP contribution in [0.5, 0.6) is 0 Å². The molecular formula is C19H29ClN2O2. The molecule has 0 bridgehead atoms. The van der Waals surface area contributed by atoms with Gasteiger partial charge in [0.05, 0.1) is 6.61 Å². The van der Waals surface area contributed by atoms with E-state index in [1.54, 1.807) is 0 Å². The molecule has 0 aromatic heterocycles. The zero-order chi connectivity index (χ0) is 17.7. The maximum atomic E-state index is 11.8. The summed E-state index contributed by atoms with van der Waals surface area (Å²) >= 11 is 5.99. The minimum atomic E-state index is -0.179. The van der Waals surface area contributed by atoms with E-state index in [-0.39, 0.29) is 6.09 Å². The average molecular weight is 353 g/mol. The molecule has 1 saturated heterocycles. The number of benzene rings is 1. The number of amides is 1. The Hall–Kier alpha value is -1.26. The fourth-order valence-electron chi connectivity index (χ4n) is 3.40. The van der Waals surface area contributed by atoms with Gasteiger partial charge in [-0.1, -0.05) is 30.7 Å². The first kappa shape index (κ1) is 19.1. The molecule has 2 atom stereocenters. The number of carbonyl (C=O) groups is 1. The number of ether oxygens (including phenoxy) is 1. The van der Waals surface area contributed by atoms with Crippen molar-refractivity contribution in [3.8, 4) is 0 Å². The monoisotopic (exact) mass is 352 g/mol. The van der Waals surface area contributed by atoms with E-state index in [2.05, 4.69) is 37.9 Å². The molecule has 0 spiro atoms. The van der Waals surface area contributed by atoms with Gasteiger partial charge in [0.15, 0.2) is 0 Å². The Kier molecular flexibility index (Phi) is 6.93. The number of halogens is 1.